The van der Waals surface area contributed by atoms with Gasteiger partial charge in [-0.2, -0.15) is 0 Å². The van der Waals surface area contributed by atoms with Crippen LogP contribution in [0.1, 0.15) is 12.5 Å². The molecule has 0 spiro atoms. The molecule has 0 amide bonds. The number of hydrogen-bond acceptors (Lipinski definition) is 27. The van der Waals surface area contributed by atoms with Gasteiger partial charge in [-0.1, -0.05) is 6.08 Å². The summed E-state index contributed by atoms with van der Waals surface area (Å²) in [4.78, 5) is 14.4. The number of aliphatic hydroxyl groups excluding tert-OH is 13. The van der Waals surface area contributed by atoms with Gasteiger partial charge in [-0.25, -0.2) is 0 Å². The van der Waals surface area contributed by atoms with E-state index in [1.807, 2.05) is 0 Å². The van der Waals surface area contributed by atoms with Crippen molar-refractivity contribution < 1.29 is 129 Å². The van der Waals surface area contributed by atoms with Crippen LogP contribution in [0.15, 0.2) is 69.9 Å². The summed E-state index contributed by atoms with van der Waals surface area (Å²) in [6, 6.07) is 11.4. The van der Waals surface area contributed by atoms with Crippen LogP contribution in [0.2, 0.25) is 0 Å². The molecule has 4 saturated heterocycles. The van der Waals surface area contributed by atoms with Crippen molar-refractivity contribution in [2.45, 2.75) is 130 Å². The van der Waals surface area contributed by atoms with E-state index in [0.717, 1.165) is 12.1 Å². The molecule has 20 atom stereocenters. The van der Waals surface area contributed by atoms with Crippen molar-refractivity contribution >= 4 is 17.0 Å². The van der Waals surface area contributed by atoms with E-state index in [9.17, 15) is 86.5 Å². The maximum absolute atomic E-state index is 14.4. The summed E-state index contributed by atoms with van der Waals surface area (Å²) in [6.45, 7) is -1.13. The molecule has 4 aliphatic heterocycles. The Balaban J connectivity index is 1.01. The zero-order valence-corrected chi connectivity index (χ0v) is 39.4. The Kier molecular flexibility index (Phi) is 17.5. The summed E-state index contributed by atoms with van der Waals surface area (Å²) in [6.07, 6.45) is -31.1. The summed E-state index contributed by atoms with van der Waals surface area (Å²) < 4.78 is 57.5. The predicted molar refractivity (Wildman–Crippen MR) is 247 cm³/mol. The highest BCUT2D eigenvalue weighted by Gasteiger charge is 2.52. The molecule has 3 aromatic carbocycles. The van der Waals surface area contributed by atoms with Crippen molar-refractivity contribution in [2.75, 3.05) is 26.4 Å². The predicted octanol–water partition coefficient (Wildman–Crippen LogP) is -4.30. The molecule has 8 rings (SSSR count). The molecule has 4 aromatic rings. The highest BCUT2D eigenvalue weighted by atomic mass is 16.8. The van der Waals surface area contributed by atoms with Crippen LogP contribution >= 0.6 is 0 Å². The molecule has 75 heavy (non-hydrogen) atoms. The van der Waals surface area contributed by atoms with Crippen LogP contribution in [0.4, 0.5) is 0 Å². The fourth-order valence-corrected chi connectivity index (χ4v) is 8.70. The van der Waals surface area contributed by atoms with E-state index >= 15 is 0 Å². The van der Waals surface area contributed by atoms with E-state index in [-0.39, 0.29) is 52.1 Å². The number of fused-ring (bicyclic) bond motifs is 1. The molecule has 412 valence electrons. The van der Waals surface area contributed by atoms with E-state index < -0.39 is 165 Å². The molecule has 16 N–H and O–H groups in total. The number of hydrogen-bond donors (Lipinski definition) is 16. The lowest BCUT2D eigenvalue weighted by atomic mass is 9.97. The van der Waals surface area contributed by atoms with Gasteiger partial charge in [-0.3, -0.25) is 4.79 Å². The number of ether oxygens (including phenoxy) is 9. The van der Waals surface area contributed by atoms with Gasteiger partial charge in [0.25, 0.3) is 0 Å². The third-order valence-corrected chi connectivity index (χ3v) is 13.0. The van der Waals surface area contributed by atoms with Crippen LogP contribution in [0, 0.1) is 0 Å². The first-order chi connectivity index (χ1) is 35.7. The van der Waals surface area contributed by atoms with E-state index in [4.69, 9.17) is 47.0 Å². The molecule has 1 aromatic heterocycles. The Hall–Kier alpha value is -5.35. The largest absolute Gasteiger partial charge is 0.508 e. The Labute approximate surface area is 423 Å². The molecular formula is C48H58O27. The van der Waals surface area contributed by atoms with Gasteiger partial charge in [0.2, 0.25) is 23.8 Å². The first kappa shape index (κ1) is 55.9. The maximum atomic E-state index is 14.4. The molecule has 5 heterocycles. The Morgan fingerprint density at radius 1 is 0.587 bits per heavy atom. The van der Waals surface area contributed by atoms with Crippen LogP contribution in [0.25, 0.3) is 28.4 Å². The highest BCUT2D eigenvalue weighted by molar-refractivity contribution is 5.88. The van der Waals surface area contributed by atoms with Crippen molar-refractivity contribution in [1.82, 2.24) is 0 Å². The molecule has 0 aliphatic carbocycles. The van der Waals surface area contributed by atoms with Gasteiger partial charge in [0, 0.05) is 29.3 Å². The first-order valence-corrected chi connectivity index (χ1v) is 23.4. The number of benzene rings is 3. The Morgan fingerprint density at radius 2 is 1.17 bits per heavy atom. The molecule has 4 aliphatic rings. The number of aromatic hydroxyl groups is 3. The van der Waals surface area contributed by atoms with Crippen molar-refractivity contribution in [1.29, 1.82) is 0 Å². The van der Waals surface area contributed by atoms with Crippen molar-refractivity contribution in [2.24, 2.45) is 0 Å². The van der Waals surface area contributed by atoms with Crippen LogP contribution < -0.4 is 19.6 Å². The molecule has 0 saturated carbocycles. The van der Waals surface area contributed by atoms with E-state index in [1.165, 1.54) is 61.5 Å². The third-order valence-electron chi connectivity index (χ3n) is 13.0. The number of phenolic OH excluding ortho intramolecular Hbond substituents is 3. The van der Waals surface area contributed by atoms with E-state index in [1.54, 1.807) is 0 Å². The average Bonchev–Trinajstić information content (AvgIpc) is 3.39. The molecule has 4 fully saturated rings. The fourth-order valence-electron chi connectivity index (χ4n) is 8.70. The highest BCUT2D eigenvalue weighted by Crippen LogP contribution is 2.39. The minimum Gasteiger partial charge on any atom is -0.508 e. The van der Waals surface area contributed by atoms with Crippen LogP contribution in [-0.2, 0) is 28.4 Å². The molecule has 27 nitrogen and oxygen atoms in total. The SMILES string of the molecule is C[C@@H]1O[C@@H](O[C@H]2[C@H](Oc3c(-c4ccc(O)cc4)oc4cc(OCC=Cc5ccc(O)cc5O[C@@H]5O[C@H](CO[C@@H]6O[C@H](CO)[C@@H](O)[C@H](O)[C@H]6O)[C@@H](O)[C@H](O)[C@H]5O)cc(O)c4c3=O)O[C@H](CO)[C@@H](O)[C@@H]2O)[C@H](O)[C@H](O)[C@H]1O. The van der Waals surface area contributed by atoms with Gasteiger partial charge in [0.05, 0.1) is 25.9 Å². The number of aliphatic hydroxyl groups is 13. The lowest BCUT2D eigenvalue weighted by Crippen LogP contribution is -2.64. The lowest BCUT2D eigenvalue weighted by Gasteiger charge is -2.45. The van der Waals surface area contributed by atoms with Gasteiger partial charge in [-0.05, 0) is 49.4 Å². The van der Waals surface area contributed by atoms with Gasteiger partial charge in [0.1, 0.15) is 132 Å². The van der Waals surface area contributed by atoms with Gasteiger partial charge >= 0.3 is 0 Å². The molecule has 27 heteroatoms. The smallest absolute Gasteiger partial charge is 0.239 e. The number of rotatable bonds is 16. The topological polar surface area (TPSA) is 437 Å². The molecule has 0 unspecified atom stereocenters. The lowest BCUT2D eigenvalue weighted by molar-refractivity contribution is -0.354. The summed E-state index contributed by atoms with van der Waals surface area (Å²) >= 11 is 0. The maximum Gasteiger partial charge on any atom is 0.239 e. The Bertz CT molecular complexity index is 2650. The standard InChI is InChI=1S/C48H58O27/c1-17-30(54)35(59)40(64)46(68-17)75-44-38(62)32(56)27(15-50)72-48(44)74-43-34(58)29-23(53)12-22(13-25(29)69-42(43)19-5-7-20(51)8-6-19)66-10-2-3-18-4-9-21(52)11-24(18)70-47-41(65)37(61)33(57)28(73-47)16-67-45-39(63)36(60)31(55)26(14-49)71-45/h2-9,11-13,17,26-28,30-33,35-41,44-57,59-65H,10,14-16H2,1H3/t17-,26+,27+,28+,30-,31+,32+,33+,35+,36-,37-,38-,39+,40+,41+,44+,45+,46-,47+,48-/m0/s1. The fraction of sp³-hybridized carbons (Fsp3) is 0.521. The summed E-state index contributed by atoms with van der Waals surface area (Å²) in [7, 11) is 0. The minimum atomic E-state index is -1.96. The summed E-state index contributed by atoms with van der Waals surface area (Å²) in [5.74, 6) is -2.34. The molecular weight excluding hydrogens is 1010 g/mol. The average molecular weight is 1070 g/mol. The second-order valence-electron chi connectivity index (χ2n) is 18.2. The second-order valence-corrected chi connectivity index (χ2v) is 18.2. The summed E-state index contributed by atoms with van der Waals surface area (Å²) in [5, 5.41) is 167. The van der Waals surface area contributed by atoms with Crippen molar-refractivity contribution in [3.63, 3.8) is 0 Å². The minimum absolute atomic E-state index is 0.0527. The zero-order chi connectivity index (χ0) is 54.2. The zero-order valence-electron chi connectivity index (χ0n) is 39.4. The van der Waals surface area contributed by atoms with Gasteiger partial charge in [0.15, 0.2) is 24.4 Å². The van der Waals surface area contributed by atoms with Crippen molar-refractivity contribution in [3.8, 4) is 45.8 Å². The van der Waals surface area contributed by atoms with Crippen LogP contribution in [0.3, 0.4) is 0 Å². The monoisotopic (exact) mass is 1070 g/mol. The summed E-state index contributed by atoms with van der Waals surface area (Å²) in [5.41, 5.74) is -0.939. The second kappa shape index (κ2) is 23.5. The van der Waals surface area contributed by atoms with Crippen LogP contribution in [0.5, 0.6) is 34.5 Å². The van der Waals surface area contributed by atoms with E-state index in [2.05, 4.69) is 0 Å². The molecule has 0 bridgehead atoms. The van der Waals surface area contributed by atoms with Crippen molar-refractivity contribution in [3.05, 3.63) is 76.5 Å². The Morgan fingerprint density at radius 3 is 1.85 bits per heavy atom. The van der Waals surface area contributed by atoms with Gasteiger partial charge in [-0.15, -0.1) is 0 Å². The van der Waals surface area contributed by atoms with Crippen LogP contribution in [-0.4, -0.2) is 231 Å². The number of phenols is 3. The van der Waals surface area contributed by atoms with Gasteiger partial charge < -0.3 is 129 Å². The molecule has 0 radical (unpaired) electrons. The third kappa shape index (κ3) is 11.7. The first-order valence-electron chi connectivity index (χ1n) is 23.4. The normalized spacial score (nSPS) is 36.4. The van der Waals surface area contributed by atoms with E-state index in [0.29, 0.717) is 0 Å². The quantitative estimate of drug-likeness (QED) is 0.0505.